The molecule has 1 amide bonds. The summed E-state index contributed by atoms with van der Waals surface area (Å²) in [5, 5.41) is 0. The molecule has 0 unspecified atom stereocenters. The minimum absolute atomic E-state index is 0.0379. The number of imidazole rings is 1. The topological polar surface area (TPSA) is 47.4 Å². The first-order valence-electron chi connectivity index (χ1n) is 10.6. The molecular weight excluding hydrogens is 386 g/mol. The van der Waals surface area contributed by atoms with Gasteiger partial charge in [-0.05, 0) is 37.3 Å². The monoisotopic (exact) mass is 411 g/mol. The highest BCUT2D eigenvalue weighted by Gasteiger charge is 2.35. The van der Waals surface area contributed by atoms with Gasteiger partial charge in [0.2, 0.25) is 5.91 Å². The lowest BCUT2D eigenvalue weighted by Gasteiger charge is -2.18. The van der Waals surface area contributed by atoms with Gasteiger partial charge in [0.05, 0.1) is 24.7 Å². The van der Waals surface area contributed by atoms with Crippen LogP contribution < -0.4 is 9.64 Å². The number of ether oxygens (including phenoxy) is 1. The van der Waals surface area contributed by atoms with Gasteiger partial charge in [-0.25, -0.2) is 4.98 Å². The van der Waals surface area contributed by atoms with Crippen LogP contribution in [0.3, 0.4) is 0 Å². The number of hydrogen-bond acceptors (Lipinski definition) is 3. The molecule has 0 N–H and O–H groups in total. The highest BCUT2D eigenvalue weighted by molar-refractivity contribution is 5.96. The molecule has 0 aliphatic carbocycles. The summed E-state index contributed by atoms with van der Waals surface area (Å²) in [7, 11) is 1.70. The van der Waals surface area contributed by atoms with Gasteiger partial charge < -0.3 is 14.2 Å². The van der Waals surface area contributed by atoms with E-state index in [0.717, 1.165) is 33.9 Å². The Morgan fingerprint density at radius 1 is 1.00 bits per heavy atom. The van der Waals surface area contributed by atoms with Gasteiger partial charge in [0.1, 0.15) is 11.6 Å². The summed E-state index contributed by atoms with van der Waals surface area (Å²) in [4.78, 5) is 19.7. The number of methoxy groups -OCH3 is 1. The molecule has 31 heavy (non-hydrogen) atoms. The molecule has 1 aliphatic heterocycles. The average Bonchev–Trinajstić information content (AvgIpc) is 3.35. The van der Waals surface area contributed by atoms with Crippen molar-refractivity contribution in [3.05, 3.63) is 89.7 Å². The molecule has 1 aromatic heterocycles. The second-order valence-electron chi connectivity index (χ2n) is 8.10. The van der Waals surface area contributed by atoms with Crippen molar-refractivity contribution in [2.75, 3.05) is 18.6 Å². The summed E-state index contributed by atoms with van der Waals surface area (Å²) < 4.78 is 7.82. The fraction of sp³-hybridized carbons (Fsp3) is 0.231. The Labute approximate surface area is 181 Å². The number of nitrogens with zero attached hydrogens (tertiary/aromatic N) is 3. The van der Waals surface area contributed by atoms with Gasteiger partial charge in [-0.2, -0.15) is 0 Å². The fourth-order valence-electron chi connectivity index (χ4n) is 4.43. The zero-order valence-corrected chi connectivity index (χ0v) is 17.8. The van der Waals surface area contributed by atoms with Crippen molar-refractivity contribution >= 4 is 22.6 Å². The lowest BCUT2D eigenvalue weighted by Crippen LogP contribution is -2.24. The Morgan fingerprint density at radius 3 is 2.55 bits per heavy atom. The third-order valence-corrected chi connectivity index (χ3v) is 6.04. The van der Waals surface area contributed by atoms with Crippen LogP contribution >= 0.6 is 0 Å². The van der Waals surface area contributed by atoms with Crippen molar-refractivity contribution in [2.24, 2.45) is 0 Å². The molecule has 0 spiro atoms. The molecule has 0 radical (unpaired) electrons. The first-order chi connectivity index (χ1) is 15.1. The molecule has 0 bridgehead atoms. The van der Waals surface area contributed by atoms with Crippen molar-refractivity contribution in [3.8, 4) is 5.75 Å². The van der Waals surface area contributed by atoms with E-state index in [0.29, 0.717) is 19.5 Å². The molecular formula is C26H25N3O2. The molecule has 1 saturated heterocycles. The number of carbonyl (C=O) groups is 1. The fourth-order valence-corrected chi connectivity index (χ4v) is 4.43. The molecule has 3 aromatic carbocycles. The summed E-state index contributed by atoms with van der Waals surface area (Å²) in [5.41, 5.74) is 5.25. The number of fused-ring (bicyclic) bond motifs is 1. The molecule has 1 atom stereocenters. The zero-order valence-electron chi connectivity index (χ0n) is 17.8. The van der Waals surface area contributed by atoms with Crippen LogP contribution in [0.2, 0.25) is 0 Å². The van der Waals surface area contributed by atoms with Crippen molar-refractivity contribution in [2.45, 2.75) is 25.8 Å². The molecule has 5 nitrogen and oxygen atoms in total. The number of amides is 1. The van der Waals surface area contributed by atoms with E-state index >= 15 is 0 Å². The van der Waals surface area contributed by atoms with E-state index in [1.54, 1.807) is 7.11 Å². The summed E-state index contributed by atoms with van der Waals surface area (Å²) in [6, 6.07) is 24.4. The number of anilines is 1. The van der Waals surface area contributed by atoms with Crippen molar-refractivity contribution in [1.82, 2.24) is 9.55 Å². The molecule has 2 heterocycles. The van der Waals surface area contributed by atoms with Crippen molar-refractivity contribution in [3.63, 3.8) is 0 Å². The van der Waals surface area contributed by atoms with Gasteiger partial charge in [-0.1, -0.05) is 48.0 Å². The third-order valence-electron chi connectivity index (χ3n) is 6.04. The third kappa shape index (κ3) is 3.56. The van der Waals surface area contributed by atoms with Gasteiger partial charge >= 0.3 is 0 Å². The van der Waals surface area contributed by atoms with Crippen LogP contribution in [0.25, 0.3) is 11.0 Å². The van der Waals surface area contributed by atoms with E-state index in [1.807, 2.05) is 65.6 Å². The van der Waals surface area contributed by atoms with Gasteiger partial charge in [0, 0.05) is 30.1 Å². The van der Waals surface area contributed by atoms with Crippen molar-refractivity contribution in [1.29, 1.82) is 0 Å². The molecule has 156 valence electrons. The van der Waals surface area contributed by atoms with Gasteiger partial charge in [0.15, 0.2) is 0 Å². The largest absolute Gasteiger partial charge is 0.496 e. The second kappa shape index (κ2) is 7.91. The van der Waals surface area contributed by atoms with Crippen LogP contribution in [-0.4, -0.2) is 29.1 Å². The maximum atomic E-state index is 12.9. The summed E-state index contributed by atoms with van der Waals surface area (Å²) >= 11 is 0. The smallest absolute Gasteiger partial charge is 0.227 e. The minimum Gasteiger partial charge on any atom is -0.496 e. The van der Waals surface area contributed by atoms with Gasteiger partial charge in [0.25, 0.3) is 0 Å². The van der Waals surface area contributed by atoms with E-state index in [1.165, 1.54) is 5.56 Å². The Morgan fingerprint density at radius 2 is 1.74 bits per heavy atom. The van der Waals surface area contributed by atoms with Crippen LogP contribution in [0, 0.1) is 6.92 Å². The van der Waals surface area contributed by atoms with Crippen LogP contribution in [0.5, 0.6) is 5.75 Å². The highest BCUT2D eigenvalue weighted by Crippen LogP contribution is 2.34. The van der Waals surface area contributed by atoms with E-state index in [4.69, 9.17) is 9.72 Å². The Balaban J connectivity index is 1.53. The summed E-state index contributed by atoms with van der Waals surface area (Å²) in [6.07, 6.45) is 0.461. The maximum absolute atomic E-state index is 12.9. The van der Waals surface area contributed by atoms with Crippen LogP contribution in [0.4, 0.5) is 5.69 Å². The standard InChI is InChI=1S/C26H25N3O2/c1-18-11-13-21(14-12-18)28-17-20(15-25(28)30)26-27-22-8-4-5-9-23(22)29(26)16-19-7-3-6-10-24(19)31-2/h3-14,20H,15-17H2,1-2H3/t20-/m0/s1. The molecule has 5 heteroatoms. The van der Waals surface area contributed by atoms with Crippen molar-refractivity contribution < 1.29 is 9.53 Å². The number of rotatable bonds is 5. The van der Waals surface area contributed by atoms with Gasteiger partial charge in [-0.3, -0.25) is 4.79 Å². The summed E-state index contributed by atoms with van der Waals surface area (Å²) in [5.74, 6) is 1.99. The Bertz CT molecular complexity index is 1240. The predicted octanol–water partition coefficient (Wildman–Crippen LogP) is 4.92. The number of aryl methyl sites for hydroxylation is 1. The number of hydrogen-bond donors (Lipinski definition) is 0. The number of aromatic nitrogens is 2. The molecule has 0 saturated carbocycles. The second-order valence-corrected chi connectivity index (χ2v) is 8.10. The quantitative estimate of drug-likeness (QED) is 0.468. The number of benzene rings is 3. The van der Waals surface area contributed by atoms with E-state index in [-0.39, 0.29) is 11.8 Å². The lowest BCUT2D eigenvalue weighted by molar-refractivity contribution is -0.117. The predicted molar refractivity (Wildman–Crippen MR) is 123 cm³/mol. The normalized spacial score (nSPS) is 16.3. The van der Waals surface area contributed by atoms with Crippen LogP contribution in [-0.2, 0) is 11.3 Å². The first kappa shape index (κ1) is 19.4. The van der Waals surface area contributed by atoms with E-state index in [9.17, 15) is 4.79 Å². The average molecular weight is 412 g/mol. The van der Waals surface area contributed by atoms with Crippen LogP contribution in [0.15, 0.2) is 72.8 Å². The molecule has 1 aliphatic rings. The number of carbonyl (C=O) groups excluding carboxylic acids is 1. The molecule has 1 fully saturated rings. The first-order valence-corrected chi connectivity index (χ1v) is 10.6. The van der Waals surface area contributed by atoms with E-state index in [2.05, 4.69) is 23.6 Å². The summed E-state index contributed by atoms with van der Waals surface area (Å²) in [6.45, 7) is 3.34. The maximum Gasteiger partial charge on any atom is 0.227 e. The molecule has 5 rings (SSSR count). The highest BCUT2D eigenvalue weighted by atomic mass is 16.5. The van der Waals surface area contributed by atoms with Crippen LogP contribution in [0.1, 0.15) is 29.3 Å². The minimum atomic E-state index is 0.0379. The Hall–Kier alpha value is -3.60. The Kier molecular flexibility index (Phi) is 4.94. The van der Waals surface area contributed by atoms with E-state index < -0.39 is 0 Å². The lowest BCUT2D eigenvalue weighted by atomic mass is 10.1. The molecule has 4 aromatic rings. The van der Waals surface area contributed by atoms with Gasteiger partial charge in [-0.15, -0.1) is 0 Å². The number of para-hydroxylation sites is 3. The zero-order chi connectivity index (χ0) is 21.4. The SMILES string of the molecule is COc1ccccc1Cn1c([C@H]2CC(=O)N(c3ccc(C)cc3)C2)nc2ccccc21.